The summed E-state index contributed by atoms with van der Waals surface area (Å²) in [5, 5.41) is 3.12. The number of benzene rings is 2. The van der Waals surface area contributed by atoms with E-state index in [0.29, 0.717) is 12.5 Å². The van der Waals surface area contributed by atoms with Gasteiger partial charge in [-0.15, -0.1) is 0 Å². The lowest BCUT2D eigenvalue weighted by Crippen LogP contribution is -2.33. The highest BCUT2D eigenvalue weighted by Crippen LogP contribution is 2.31. The SMILES string of the molecule is Cc1cccc(CNC(=O)[C@H]2CC[C@@H](Cc3nc4ccccc4[nH]3)CC2)c1. The Labute approximate surface area is 160 Å². The molecule has 0 atom stereocenters. The fraction of sp³-hybridized carbons (Fsp3) is 0.391. The maximum atomic E-state index is 12.5. The minimum Gasteiger partial charge on any atom is -0.352 e. The molecule has 0 saturated heterocycles. The molecule has 140 valence electrons. The Hall–Kier alpha value is -2.62. The van der Waals surface area contributed by atoms with Crippen LogP contribution in [-0.4, -0.2) is 15.9 Å². The number of fused-ring (bicyclic) bond motifs is 1. The van der Waals surface area contributed by atoms with Gasteiger partial charge in [-0.1, -0.05) is 42.0 Å². The van der Waals surface area contributed by atoms with Crippen molar-refractivity contribution < 1.29 is 4.79 Å². The number of carbonyl (C=O) groups excluding carboxylic acids is 1. The number of aryl methyl sites for hydroxylation is 1. The van der Waals surface area contributed by atoms with E-state index in [1.807, 2.05) is 24.3 Å². The number of aromatic amines is 1. The smallest absolute Gasteiger partial charge is 0.223 e. The van der Waals surface area contributed by atoms with E-state index in [1.165, 1.54) is 11.1 Å². The van der Waals surface area contributed by atoms with Gasteiger partial charge in [0.05, 0.1) is 11.0 Å². The molecule has 1 aliphatic rings. The summed E-state index contributed by atoms with van der Waals surface area (Å²) in [6.45, 7) is 2.70. The number of imidazole rings is 1. The van der Waals surface area contributed by atoms with E-state index in [2.05, 4.69) is 41.5 Å². The van der Waals surface area contributed by atoms with Crippen LogP contribution >= 0.6 is 0 Å². The third-order valence-corrected chi connectivity index (χ3v) is 5.69. The summed E-state index contributed by atoms with van der Waals surface area (Å²) < 4.78 is 0. The number of H-pyrrole nitrogens is 1. The number of nitrogens with zero attached hydrogens (tertiary/aromatic N) is 1. The molecular formula is C23H27N3O. The lowest BCUT2D eigenvalue weighted by atomic mass is 9.80. The Kier molecular flexibility index (Phi) is 5.23. The van der Waals surface area contributed by atoms with E-state index < -0.39 is 0 Å². The van der Waals surface area contributed by atoms with Crippen LogP contribution in [0.25, 0.3) is 11.0 Å². The first kappa shape index (κ1) is 17.8. The zero-order valence-corrected chi connectivity index (χ0v) is 15.9. The first-order valence-corrected chi connectivity index (χ1v) is 9.94. The van der Waals surface area contributed by atoms with Crippen LogP contribution < -0.4 is 5.32 Å². The predicted molar refractivity (Wildman–Crippen MR) is 108 cm³/mol. The molecule has 4 rings (SSSR count). The number of amides is 1. The van der Waals surface area contributed by atoms with E-state index in [9.17, 15) is 4.79 Å². The summed E-state index contributed by atoms with van der Waals surface area (Å²) in [5.74, 6) is 2.05. The molecule has 0 aliphatic heterocycles. The first-order chi connectivity index (χ1) is 13.2. The topological polar surface area (TPSA) is 57.8 Å². The van der Waals surface area contributed by atoms with Crippen LogP contribution in [0.2, 0.25) is 0 Å². The second-order valence-corrected chi connectivity index (χ2v) is 7.83. The molecule has 1 heterocycles. The van der Waals surface area contributed by atoms with E-state index in [0.717, 1.165) is 49.0 Å². The fourth-order valence-corrected chi connectivity index (χ4v) is 4.16. The number of para-hydroxylation sites is 2. The quantitative estimate of drug-likeness (QED) is 0.701. The molecule has 2 aromatic carbocycles. The minimum atomic E-state index is 0.154. The molecule has 3 aromatic rings. The second-order valence-electron chi connectivity index (χ2n) is 7.83. The Bertz CT molecular complexity index is 889. The van der Waals surface area contributed by atoms with Crippen LogP contribution in [0, 0.1) is 18.8 Å². The predicted octanol–water partition coefficient (Wildman–Crippen LogP) is 4.54. The van der Waals surface area contributed by atoms with Crippen LogP contribution in [0.3, 0.4) is 0 Å². The molecule has 2 N–H and O–H groups in total. The van der Waals surface area contributed by atoms with E-state index >= 15 is 0 Å². The summed E-state index contributed by atoms with van der Waals surface area (Å²) in [5.41, 5.74) is 4.54. The molecule has 27 heavy (non-hydrogen) atoms. The van der Waals surface area contributed by atoms with Gasteiger partial charge in [0.1, 0.15) is 5.82 Å². The number of nitrogens with one attached hydrogen (secondary N) is 2. The zero-order valence-electron chi connectivity index (χ0n) is 15.9. The van der Waals surface area contributed by atoms with Crippen molar-refractivity contribution >= 4 is 16.9 Å². The average molecular weight is 361 g/mol. The third kappa shape index (κ3) is 4.38. The number of hydrogen-bond donors (Lipinski definition) is 2. The van der Waals surface area contributed by atoms with Gasteiger partial charge in [0.15, 0.2) is 0 Å². The van der Waals surface area contributed by atoms with Crippen molar-refractivity contribution in [3.8, 4) is 0 Å². The minimum absolute atomic E-state index is 0.154. The van der Waals surface area contributed by atoms with Crippen molar-refractivity contribution in [2.45, 2.75) is 45.6 Å². The third-order valence-electron chi connectivity index (χ3n) is 5.69. The molecule has 0 spiro atoms. The highest BCUT2D eigenvalue weighted by Gasteiger charge is 2.26. The normalized spacial score (nSPS) is 19.9. The van der Waals surface area contributed by atoms with Crippen LogP contribution in [-0.2, 0) is 17.8 Å². The van der Waals surface area contributed by atoms with Crippen molar-refractivity contribution in [1.29, 1.82) is 0 Å². The molecule has 4 nitrogen and oxygen atoms in total. The molecule has 4 heteroatoms. The van der Waals surface area contributed by atoms with Crippen LogP contribution in [0.1, 0.15) is 42.6 Å². The van der Waals surface area contributed by atoms with Gasteiger partial charge in [-0.3, -0.25) is 4.79 Å². The number of rotatable bonds is 5. The van der Waals surface area contributed by atoms with Gasteiger partial charge >= 0.3 is 0 Å². The largest absolute Gasteiger partial charge is 0.352 e. The van der Waals surface area contributed by atoms with E-state index in [1.54, 1.807) is 0 Å². The summed E-state index contributed by atoms with van der Waals surface area (Å²) in [7, 11) is 0. The molecular weight excluding hydrogens is 334 g/mol. The van der Waals surface area contributed by atoms with Crippen LogP contribution in [0.4, 0.5) is 0 Å². The van der Waals surface area contributed by atoms with Gasteiger partial charge in [-0.25, -0.2) is 4.98 Å². The van der Waals surface area contributed by atoms with Crippen LogP contribution in [0.5, 0.6) is 0 Å². The zero-order chi connectivity index (χ0) is 18.6. The molecule has 0 bridgehead atoms. The van der Waals surface area contributed by atoms with Crippen molar-refractivity contribution in [2.75, 3.05) is 0 Å². The van der Waals surface area contributed by atoms with Gasteiger partial charge in [0, 0.05) is 18.9 Å². The lowest BCUT2D eigenvalue weighted by Gasteiger charge is -2.27. The average Bonchev–Trinajstić information content (AvgIpc) is 3.09. The molecule has 0 unspecified atom stereocenters. The molecule has 1 amide bonds. The number of hydrogen-bond acceptors (Lipinski definition) is 2. The standard InChI is InChI=1S/C23H27N3O/c1-16-5-4-6-18(13-16)15-24-23(27)19-11-9-17(10-12-19)14-22-25-20-7-2-3-8-21(20)26-22/h2-8,13,17,19H,9-12,14-15H2,1H3,(H,24,27)(H,25,26)/t17-,19+. The molecule has 1 saturated carbocycles. The van der Waals surface area contributed by atoms with Gasteiger partial charge in [0.25, 0.3) is 0 Å². The van der Waals surface area contributed by atoms with Gasteiger partial charge in [-0.05, 0) is 56.2 Å². The van der Waals surface area contributed by atoms with Gasteiger partial charge < -0.3 is 10.3 Å². The lowest BCUT2D eigenvalue weighted by molar-refractivity contribution is -0.126. The second kappa shape index (κ2) is 7.95. The van der Waals surface area contributed by atoms with Crippen molar-refractivity contribution in [3.05, 3.63) is 65.5 Å². The summed E-state index contributed by atoms with van der Waals surface area (Å²) in [6, 6.07) is 16.5. The highest BCUT2D eigenvalue weighted by atomic mass is 16.1. The Balaban J connectivity index is 1.26. The fourth-order valence-electron chi connectivity index (χ4n) is 4.16. The van der Waals surface area contributed by atoms with E-state index in [4.69, 9.17) is 4.98 Å². The Morgan fingerprint density at radius 3 is 2.70 bits per heavy atom. The van der Waals surface area contributed by atoms with Crippen molar-refractivity contribution in [3.63, 3.8) is 0 Å². The van der Waals surface area contributed by atoms with Gasteiger partial charge in [-0.2, -0.15) is 0 Å². The summed E-state index contributed by atoms with van der Waals surface area (Å²) in [4.78, 5) is 20.6. The maximum absolute atomic E-state index is 12.5. The van der Waals surface area contributed by atoms with Gasteiger partial charge in [0.2, 0.25) is 5.91 Å². The van der Waals surface area contributed by atoms with Crippen molar-refractivity contribution in [2.24, 2.45) is 11.8 Å². The highest BCUT2D eigenvalue weighted by molar-refractivity contribution is 5.78. The maximum Gasteiger partial charge on any atom is 0.223 e. The summed E-state index contributed by atoms with van der Waals surface area (Å²) in [6.07, 6.45) is 5.13. The van der Waals surface area contributed by atoms with Crippen molar-refractivity contribution in [1.82, 2.24) is 15.3 Å². The first-order valence-electron chi connectivity index (χ1n) is 9.94. The Morgan fingerprint density at radius 2 is 1.93 bits per heavy atom. The molecule has 1 aliphatic carbocycles. The number of carbonyl (C=O) groups is 1. The van der Waals surface area contributed by atoms with Crippen LogP contribution in [0.15, 0.2) is 48.5 Å². The molecule has 1 fully saturated rings. The summed E-state index contributed by atoms with van der Waals surface area (Å²) >= 11 is 0. The molecule has 0 radical (unpaired) electrons. The van der Waals surface area contributed by atoms with E-state index in [-0.39, 0.29) is 11.8 Å². The number of aromatic nitrogens is 2. The molecule has 1 aromatic heterocycles. The Morgan fingerprint density at radius 1 is 1.11 bits per heavy atom. The monoisotopic (exact) mass is 361 g/mol.